The van der Waals surface area contributed by atoms with Gasteiger partial charge in [0.15, 0.2) is 5.52 Å². The van der Waals surface area contributed by atoms with Gasteiger partial charge < -0.3 is 4.90 Å². The Labute approximate surface area is 228 Å². The van der Waals surface area contributed by atoms with Crippen LogP contribution in [0.1, 0.15) is 22.3 Å². The van der Waals surface area contributed by atoms with Gasteiger partial charge in [0.2, 0.25) is 11.7 Å². The van der Waals surface area contributed by atoms with Crippen LogP contribution < -0.4 is 14.4 Å². The molecular formula is C33H29N6+. The lowest BCUT2D eigenvalue weighted by Gasteiger charge is -2.34. The Balaban J connectivity index is 1.57. The van der Waals surface area contributed by atoms with Crippen molar-refractivity contribution in [1.82, 2.24) is 4.98 Å². The van der Waals surface area contributed by atoms with Crippen molar-refractivity contribution in [2.75, 3.05) is 16.8 Å². The first-order valence-corrected chi connectivity index (χ1v) is 13.2. The van der Waals surface area contributed by atoms with Gasteiger partial charge in [-0.05, 0) is 92.3 Å². The van der Waals surface area contributed by atoms with Crippen molar-refractivity contribution in [3.05, 3.63) is 107 Å². The molecule has 0 atom stereocenters. The minimum atomic E-state index is 0.772. The number of aliphatic imine (C=N–C) groups is 2. The predicted molar refractivity (Wildman–Crippen MR) is 160 cm³/mol. The smallest absolute Gasteiger partial charge is 0.302 e. The van der Waals surface area contributed by atoms with E-state index >= 15 is 0 Å². The summed E-state index contributed by atoms with van der Waals surface area (Å²) in [6.45, 7) is 8.44. The highest BCUT2D eigenvalue weighted by molar-refractivity contribution is 6.53. The number of benzene rings is 4. The maximum Gasteiger partial charge on any atom is 0.374 e. The summed E-state index contributed by atoms with van der Waals surface area (Å²) < 4.78 is 2.23. The van der Waals surface area contributed by atoms with Crippen molar-refractivity contribution >= 4 is 51.4 Å². The Morgan fingerprint density at radius 3 is 2.03 bits per heavy atom. The fourth-order valence-electron chi connectivity index (χ4n) is 5.33. The van der Waals surface area contributed by atoms with E-state index in [1.807, 2.05) is 7.05 Å². The molecule has 0 aliphatic carbocycles. The average molecular weight is 510 g/mol. The van der Waals surface area contributed by atoms with E-state index in [0.29, 0.717) is 0 Å². The van der Waals surface area contributed by atoms with Gasteiger partial charge in [0.1, 0.15) is 11.2 Å². The predicted octanol–water partition coefficient (Wildman–Crippen LogP) is 7.11. The van der Waals surface area contributed by atoms with Crippen LogP contribution in [0.4, 0.5) is 28.7 Å². The van der Waals surface area contributed by atoms with Gasteiger partial charge in [-0.15, -0.1) is 0 Å². The minimum Gasteiger partial charge on any atom is -0.302 e. The normalized spacial score (nSPS) is 14.0. The van der Waals surface area contributed by atoms with Crippen LogP contribution in [0, 0.1) is 27.7 Å². The molecule has 5 aromatic rings. The van der Waals surface area contributed by atoms with Gasteiger partial charge in [-0.25, -0.2) is 9.98 Å². The molecular weight excluding hydrogens is 480 g/mol. The van der Waals surface area contributed by atoms with E-state index in [4.69, 9.17) is 15.0 Å². The first-order valence-electron chi connectivity index (χ1n) is 13.2. The second-order valence-electron chi connectivity index (χ2n) is 10.5. The Bertz CT molecular complexity index is 1850. The highest BCUT2D eigenvalue weighted by atomic mass is 15.4. The average Bonchev–Trinajstić information content (AvgIpc) is 2.93. The number of fused-ring (bicyclic) bond motifs is 4. The standard InChI is InChI=1S/C33H29N6/c1-20-6-12-24(13-7-20)38-28-18-22(3)10-16-26(28)34-30-32(38)36-33-31(37(30)5)35-27-17-11-23(4)19-29(27)39(33)25-14-8-21(2)9-15-25/h6-19H,1-5H3/q+1. The second-order valence-corrected chi connectivity index (χ2v) is 10.5. The summed E-state index contributed by atoms with van der Waals surface area (Å²) >= 11 is 0. The monoisotopic (exact) mass is 509 g/mol. The van der Waals surface area contributed by atoms with Gasteiger partial charge in [0, 0.05) is 12.7 Å². The molecule has 2 aliphatic heterocycles. The van der Waals surface area contributed by atoms with Crippen LogP contribution in [0.2, 0.25) is 0 Å². The van der Waals surface area contributed by atoms with E-state index < -0.39 is 0 Å². The molecule has 2 aliphatic rings. The molecule has 0 unspecified atom stereocenters. The third-order valence-electron chi connectivity index (χ3n) is 7.45. The third kappa shape index (κ3) is 3.71. The molecule has 0 amide bonds. The third-order valence-corrected chi connectivity index (χ3v) is 7.45. The summed E-state index contributed by atoms with van der Waals surface area (Å²) in [7, 11) is 2.03. The van der Waals surface area contributed by atoms with Crippen LogP contribution in [0.5, 0.6) is 0 Å². The molecule has 0 N–H and O–H groups in total. The molecule has 39 heavy (non-hydrogen) atoms. The Hall–Kier alpha value is -4.84. The van der Waals surface area contributed by atoms with Crippen molar-refractivity contribution in [1.29, 1.82) is 0 Å². The number of anilines is 3. The summed E-state index contributed by atoms with van der Waals surface area (Å²) in [6.07, 6.45) is 0. The molecule has 190 valence electrons. The lowest BCUT2D eigenvalue weighted by Crippen LogP contribution is -2.48. The molecule has 0 radical (unpaired) electrons. The maximum atomic E-state index is 5.38. The zero-order valence-electron chi connectivity index (χ0n) is 22.8. The second kappa shape index (κ2) is 8.60. The molecule has 0 fully saturated rings. The van der Waals surface area contributed by atoms with Gasteiger partial charge in [0.25, 0.3) is 5.84 Å². The number of nitrogens with zero attached hydrogens (tertiary/aromatic N) is 6. The van der Waals surface area contributed by atoms with Gasteiger partial charge in [0.05, 0.1) is 11.4 Å². The Kier molecular flexibility index (Phi) is 5.13. The Morgan fingerprint density at radius 2 is 1.28 bits per heavy atom. The fraction of sp³-hybridized carbons (Fsp3) is 0.152. The van der Waals surface area contributed by atoms with Crippen molar-refractivity contribution in [2.45, 2.75) is 27.7 Å². The molecule has 6 nitrogen and oxygen atoms in total. The van der Waals surface area contributed by atoms with E-state index in [1.54, 1.807) is 0 Å². The molecule has 0 bridgehead atoms. The fourth-order valence-corrected chi connectivity index (χ4v) is 5.33. The number of hydrogen-bond donors (Lipinski definition) is 0. The SMILES string of the molecule is Cc1ccc(N2C3=Nc4c(nc5ccc(C)cc5[n+]4-c4ccc(C)cc4)N(C)C3=Nc3ccc(C)cc32)cc1. The van der Waals surface area contributed by atoms with Crippen LogP contribution in [-0.4, -0.2) is 23.7 Å². The maximum absolute atomic E-state index is 5.38. The largest absolute Gasteiger partial charge is 0.374 e. The Morgan fingerprint density at radius 1 is 0.641 bits per heavy atom. The molecule has 4 aromatic carbocycles. The van der Waals surface area contributed by atoms with Crippen LogP contribution in [-0.2, 0) is 0 Å². The first-order chi connectivity index (χ1) is 18.9. The van der Waals surface area contributed by atoms with Crippen molar-refractivity contribution < 1.29 is 4.57 Å². The topological polar surface area (TPSA) is 48.0 Å². The minimum absolute atomic E-state index is 0.772. The quantitative estimate of drug-likeness (QED) is 0.238. The van der Waals surface area contributed by atoms with E-state index in [0.717, 1.165) is 57.1 Å². The zero-order chi connectivity index (χ0) is 26.8. The number of hydrogen-bond acceptors (Lipinski definition) is 5. The number of aromatic nitrogens is 2. The first kappa shape index (κ1) is 23.3. The lowest BCUT2D eigenvalue weighted by atomic mass is 10.1. The lowest BCUT2D eigenvalue weighted by molar-refractivity contribution is -0.552. The van der Waals surface area contributed by atoms with Gasteiger partial charge in [-0.3, -0.25) is 4.90 Å². The molecule has 1 aromatic heterocycles. The van der Waals surface area contributed by atoms with Crippen LogP contribution in [0.3, 0.4) is 0 Å². The number of aryl methyl sites for hydroxylation is 4. The van der Waals surface area contributed by atoms with Crippen molar-refractivity contribution in [2.24, 2.45) is 9.98 Å². The van der Waals surface area contributed by atoms with Crippen molar-refractivity contribution in [3.63, 3.8) is 0 Å². The molecule has 0 saturated heterocycles. The number of amidine groups is 2. The zero-order valence-corrected chi connectivity index (χ0v) is 22.8. The highest BCUT2D eigenvalue weighted by Crippen LogP contribution is 2.42. The molecule has 0 saturated carbocycles. The molecule has 3 heterocycles. The molecule has 0 spiro atoms. The summed E-state index contributed by atoms with van der Waals surface area (Å²) in [5, 5.41) is 0. The van der Waals surface area contributed by atoms with E-state index in [-0.39, 0.29) is 0 Å². The van der Waals surface area contributed by atoms with Gasteiger partial charge in [-0.1, -0.05) is 47.5 Å². The van der Waals surface area contributed by atoms with Crippen LogP contribution in [0.15, 0.2) is 94.9 Å². The van der Waals surface area contributed by atoms with Crippen molar-refractivity contribution in [3.8, 4) is 5.69 Å². The van der Waals surface area contributed by atoms with Crippen LogP contribution >= 0.6 is 0 Å². The van der Waals surface area contributed by atoms with E-state index in [9.17, 15) is 0 Å². The summed E-state index contributed by atoms with van der Waals surface area (Å²) in [6, 6.07) is 29.9. The molecule has 7 rings (SSSR count). The van der Waals surface area contributed by atoms with E-state index in [1.165, 1.54) is 22.3 Å². The van der Waals surface area contributed by atoms with Crippen LogP contribution in [0.25, 0.3) is 16.7 Å². The molecule has 6 heteroatoms. The van der Waals surface area contributed by atoms with Gasteiger partial charge in [-0.2, -0.15) is 4.57 Å². The number of likely N-dealkylation sites (N-methyl/N-ethyl adjacent to an activating group) is 1. The van der Waals surface area contributed by atoms with E-state index in [2.05, 4.69) is 127 Å². The summed E-state index contributed by atoms with van der Waals surface area (Å²) in [4.78, 5) is 19.9. The summed E-state index contributed by atoms with van der Waals surface area (Å²) in [5.41, 5.74) is 10.7. The summed E-state index contributed by atoms with van der Waals surface area (Å²) in [5.74, 6) is 3.10. The highest BCUT2D eigenvalue weighted by Gasteiger charge is 2.42. The number of rotatable bonds is 2. The van der Waals surface area contributed by atoms with Gasteiger partial charge >= 0.3 is 5.82 Å².